The summed E-state index contributed by atoms with van der Waals surface area (Å²) in [7, 11) is 1.59. The van der Waals surface area contributed by atoms with Gasteiger partial charge in [0.2, 0.25) is 0 Å². The number of benzene rings is 2. The Hall–Kier alpha value is -3.02. The smallest absolute Gasteiger partial charge is 0.253 e. The summed E-state index contributed by atoms with van der Waals surface area (Å²) in [5.74, 6) is 0.925. The largest absolute Gasteiger partial charge is 0.497 e. The second-order valence-electron chi connectivity index (χ2n) is 8.49. The molecule has 2 amide bonds. The number of anilines is 1. The van der Waals surface area contributed by atoms with Gasteiger partial charge in [-0.3, -0.25) is 9.59 Å². The van der Waals surface area contributed by atoms with E-state index in [1.165, 1.54) is 0 Å². The van der Waals surface area contributed by atoms with Crippen LogP contribution in [0.3, 0.4) is 0 Å². The molecule has 1 atom stereocenters. The Labute approximate surface area is 185 Å². The Balaban J connectivity index is 1.61. The first-order valence-corrected chi connectivity index (χ1v) is 11.0. The number of ether oxygens (including phenoxy) is 1. The molecule has 0 bridgehead atoms. The molecule has 0 saturated carbocycles. The normalized spacial score (nSPS) is 15.5. The summed E-state index contributed by atoms with van der Waals surface area (Å²) < 4.78 is 5.21. The lowest BCUT2D eigenvalue weighted by Gasteiger charge is -2.35. The monoisotopic (exact) mass is 423 g/mol. The van der Waals surface area contributed by atoms with Gasteiger partial charge in [-0.15, -0.1) is 0 Å². The van der Waals surface area contributed by atoms with Gasteiger partial charge in [-0.2, -0.15) is 0 Å². The number of piperidine rings is 1. The molecule has 166 valence electrons. The second kappa shape index (κ2) is 10.3. The van der Waals surface area contributed by atoms with Gasteiger partial charge in [0.05, 0.1) is 12.7 Å². The van der Waals surface area contributed by atoms with Crippen LogP contribution < -0.4 is 20.3 Å². The molecule has 0 aromatic heterocycles. The van der Waals surface area contributed by atoms with Crippen LogP contribution >= 0.6 is 0 Å². The van der Waals surface area contributed by atoms with E-state index in [9.17, 15) is 9.59 Å². The third-order valence-corrected chi connectivity index (χ3v) is 6.01. The number of methoxy groups -OCH3 is 1. The average Bonchev–Trinajstić information content (AvgIpc) is 2.79. The van der Waals surface area contributed by atoms with Crippen molar-refractivity contribution >= 4 is 17.5 Å². The molecule has 2 aromatic carbocycles. The van der Waals surface area contributed by atoms with Crippen LogP contribution in [0.4, 0.5) is 5.69 Å². The molecule has 0 radical (unpaired) electrons. The van der Waals surface area contributed by atoms with E-state index in [0.717, 1.165) is 31.6 Å². The van der Waals surface area contributed by atoms with Crippen molar-refractivity contribution in [2.75, 3.05) is 25.1 Å². The maximum Gasteiger partial charge on any atom is 0.253 e. The van der Waals surface area contributed by atoms with Crippen LogP contribution in [0.1, 0.15) is 54.3 Å². The molecule has 31 heavy (non-hydrogen) atoms. The average molecular weight is 424 g/mol. The SMILES string of the molecule is COc1cccc(C(=O)NC2CCN(c3ccccc3C(=O)N[C@@H](C)C(C)C)CC2)c1. The third-order valence-electron chi connectivity index (χ3n) is 6.01. The van der Waals surface area contributed by atoms with Gasteiger partial charge in [-0.05, 0) is 56.0 Å². The number of nitrogens with one attached hydrogen (secondary N) is 2. The zero-order valence-corrected chi connectivity index (χ0v) is 18.9. The molecule has 2 aromatic rings. The van der Waals surface area contributed by atoms with Gasteiger partial charge in [0.1, 0.15) is 5.75 Å². The van der Waals surface area contributed by atoms with E-state index in [4.69, 9.17) is 4.74 Å². The first-order valence-electron chi connectivity index (χ1n) is 11.0. The lowest BCUT2D eigenvalue weighted by atomic mass is 10.0. The highest BCUT2D eigenvalue weighted by atomic mass is 16.5. The van der Waals surface area contributed by atoms with E-state index < -0.39 is 0 Å². The predicted octanol–water partition coefficient (Wildman–Crippen LogP) is 3.87. The number of hydrogen-bond donors (Lipinski definition) is 2. The van der Waals surface area contributed by atoms with E-state index in [0.29, 0.717) is 22.8 Å². The van der Waals surface area contributed by atoms with Crippen molar-refractivity contribution in [3.05, 3.63) is 59.7 Å². The first-order chi connectivity index (χ1) is 14.9. The number of hydrogen-bond acceptors (Lipinski definition) is 4. The van der Waals surface area contributed by atoms with Crippen molar-refractivity contribution in [3.8, 4) is 5.75 Å². The fourth-order valence-corrected chi connectivity index (χ4v) is 3.69. The quantitative estimate of drug-likeness (QED) is 0.709. The minimum absolute atomic E-state index is 0.0368. The Morgan fingerprint density at radius 1 is 1.00 bits per heavy atom. The minimum Gasteiger partial charge on any atom is -0.497 e. The van der Waals surface area contributed by atoms with E-state index >= 15 is 0 Å². The van der Waals surface area contributed by atoms with Crippen molar-refractivity contribution in [2.24, 2.45) is 5.92 Å². The molecule has 1 aliphatic rings. The van der Waals surface area contributed by atoms with Crippen LogP contribution in [-0.2, 0) is 0 Å². The summed E-state index contributed by atoms with van der Waals surface area (Å²) in [5.41, 5.74) is 2.26. The van der Waals surface area contributed by atoms with Crippen LogP contribution in [0.25, 0.3) is 0 Å². The van der Waals surface area contributed by atoms with Crippen LogP contribution in [0.5, 0.6) is 5.75 Å². The third kappa shape index (κ3) is 5.78. The predicted molar refractivity (Wildman–Crippen MR) is 124 cm³/mol. The molecule has 6 heteroatoms. The summed E-state index contributed by atoms with van der Waals surface area (Å²) in [6.45, 7) is 7.80. The molecule has 2 N–H and O–H groups in total. The maximum atomic E-state index is 12.8. The Morgan fingerprint density at radius 3 is 2.39 bits per heavy atom. The van der Waals surface area contributed by atoms with Crippen LogP contribution in [0.2, 0.25) is 0 Å². The van der Waals surface area contributed by atoms with Crippen molar-refractivity contribution in [1.82, 2.24) is 10.6 Å². The summed E-state index contributed by atoms with van der Waals surface area (Å²) in [6, 6.07) is 15.2. The number of amides is 2. The van der Waals surface area contributed by atoms with Gasteiger partial charge in [0.25, 0.3) is 11.8 Å². The van der Waals surface area contributed by atoms with Crippen LogP contribution in [0.15, 0.2) is 48.5 Å². The summed E-state index contributed by atoms with van der Waals surface area (Å²) in [4.78, 5) is 27.7. The Kier molecular flexibility index (Phi) is 7.55. The van der Waals surface area contributed by atoms with Gasteiger partial charge in [-0.25, -0.2) is 0 Å². The van der Waals surface area contributed by atoms with E-state index in [1.54, 1.807) is 19.2 Å². The topological polar surface area (TPSA) is 70.7 Å². The highest BCUT2D eigenvalue weighted by molar-refractivity contribution is 6.00. The molecule has 1 heterocycles. The molecule has 6 nitrogen and oxygen atoms in total. The van der Waals surface area contributed by atoms with Crippen molar-refractivity contribution in [3.63, 3.8) is 0 Å². The fraction of sp³-hybridized carbons (Fsp3) is 0.440. The van der Waals surface area contributed by atoms with Gasteiger partial charge in [-0.1, -0.05) is 32.0 Å². The maximum absolute atomic E-state index is 12.8. The van der Waals surface area contributed by atoms with Crippen LogP contribution in [-0.4, -0.2) is 44.1 Å². The molecule has 0 unspecified atom stereocenters. The second-order valence-corrected chi connectivity index (χ2v) is 8.49. The van der Waals surface area contributed by atoms with Crippen molar-refractivity contribution < 1.29 is 14.3 Å². The minimum atomic E-state index is -0.0835. The van der Waals surface area contributed by atoms with Crippen molar-refractivity contribution in [2.45, 2.75) is 45.7 Å². The van der Waals surface area contributed by atoms with Gasteiger partial charge >= 0.3 is 0 Å². The zero-order chi connectivity index (χ0) is 22.4. The number of rotatable bonds is 7. The first kappa shape index (κ1) is 22.7. The molecule has 1 aliphatic heterocycles. The molecule has 1 fully saturated rings. The van der Waals surface area contributed by atoms with E-state index in [2.05, 4.69) is 29.4 Å². The molecule has 3 rings (SSSR count). The van der Waals surface area contributed by atoms with Gasteiger partial charge < -0.3 is 20.3 Å². The van der Waals surface area contributed by atoms with E-state index in [-0.39, 0.29) is 23.9 Å². The molecule has 0 aliphatic carbocycles. The summed E-state index contributed by atoms with van der Waals surface area (Å²) >= 11 is 0. The zero-order valence-electron chi connectivity index (χ0n) is 18.9. The number of nitrogens with zero attached hydrogens (tertiary/aromatic N) is 1. The Morgan fingerprint density at radius 2 is 1.71 bits per heavy atom. The highest BCUT2D eigenvalue weighted by Gasteiger charge is 2.24. The Bertz CT molecular complexity index is 904. The lowest BCUT2D eigenvalue weighted by molar-refractivity contribution is 0.0925. The standard InChI is InChI=1S/C25H33N3O3/c1-17(2)18(3)26-25(30)22-10-5-6-11-23(22)28-14-12-20(13-15-28)27-24(29)19-8-7-9-21(16-19)31-4/h5-11,16-18,20H,12-15H2,1-4H3,(H,26,30)(H,27,29)/t18-/m0/s1. The summed E-state index contributed by atoms with van der Waals surface area (Å²) in [6.07, 6.45) is 1.65. The van der Waals surface area contributed by atoms with Crippen molar-refractivity contribution in [1.29, 1.82) is 0 Å². The molecular weight excluding hydrogens is 390 g/mol. The van der Waals surface area contributed by atoms with Crippen LogP contribution in [0, 0.1) is 5.92 Å². The van der Waals surface area contributed by atoms with Gasteiger partial charge in [0, 0.05) is 36.4 Å². The molecule has 0 spiro atoms. The van der Waals surface area contributed by atoms with Gasteiger partial charge in [0.15, 0.2) is 0 Å². The number of para-hydroxylation sites is 1. The van der Waals surface area contributed by atoms with E-state index in [1.807, 2.05) is 43.3 Å². The summed E-state index contributed by atoms with van der Waals surface area (Å²) in [5, 5.41) is 6.24. The lowest BCUT2D eigenvalue weighted by Crippen LogP contribution is -2.45. The number of carbonyl (C=O) groups excluding carboxylic acids is 2. The highest BCUT2D eigenvalue weighted by Crippen LogP contribution is 2.25. The molecular formula is C25H33N3O3. The number of carbonyl (C=O) groups is 2. The fourth-order valence-electron chi connectivity index (χ4n) is 3.69. The molecule has 1 saturated heterocycles.